The summed E-state index contributed by atoms with van der Waals surface area (Å²) in [5, 5.41) is 21.4. The van der Waals surface area contributed by atoms with Gasteiger partial charge in [0.2, 0.25) is 0 Å². The highest BCUT2D eigenvalue weighted by Crippen LogP contribution is 2.28. The third kappa shape index (κ3) is 2.02. The van der Waals surface area contributed by atoms with Crippen LogP contribution >= 0.6 is 0 Å². The quantitative estimate of drug-likeness (QED) is 0.683. The van der Waals surface area contributed by atoms with Crippen LogP contribution in [0.2, 0.25) is 0 Å². The Morgan fingerprint density at radius 2 is 2.14 bits per heavy atom. The van der Waals surface area contributed by atoms with Gasteiger partial charge in [0.15, 0.2) is 0 Å². The standard InChI is InChI=1S/C10H14FNO2/c1-6-3-7(11)4-8(10(6)14)9(5-13)12-2/h3-4,9,12-14H,5H2,1-2H3/t9-/m1/s1. The molecule has 1 aromatic carbocycles. The Labute approximate surface area is 82.2 Å². The van der Waals surface area contributed by atoms with E-state index in [1.54, 1.807) is 14.0 Å². The fourth-order valence-corrected chi connectivity index (χ4v) is 1.37. The van der Waals surface area contributed by atoms with Crippen molar-refractivity contribution < 1.29 is 14.6 Å². The minimum Gasteiger partial charge on any atom is -0.507 e. The summed E-state index contributed by atoms with van der Waals surface area (Å²) in [6.45, 7) is 1.43. The lowest BCUT2D eigenvalue weighted by atomic mass is 10.0. The van der Waals surface area contributed by atoms with Gasteiger partial charge in [0, 0.05) is 5.56 Å². The predicted molar refractivity (Wildman–Crippen MR) is 51.7 cm³/mol. The highest BCUT2D eigenvalue weighted by atomic mass is 19.1. The second-order valence-corrected chi connectivity index (χ2v) is 3.18. The van der Waals surface area contributed by atoms with Gasteiger partial charge < -0.3 is 15.5 Å². The van der Waals surface area contributed by atoms with E-state index in [1.807, 2.05) is 0 Å². The van der Waals surface area contributed by atoms with Crippen LogP contribution in [0.15, 0.2) is 12.1 Å². The van der Waals surface area contributed by atoms with Gasteiger partial charge in [-0.1, -0.05) is 0 Å². The number of rotatable bonds is 3. The van der Waals surface area contributed by atoms with Crippen molar-refractivity contribution in [1.29, 1.82) is 0 Å². The Kier molecular flexibility index (Phi) is 3.43. The fourth-order valence-electron chi connectivity index (χ4n) is 1.37. The number of aromatic hydroxyl groups is 1. The number of benzene rings is 1. The van der Waals surface area contributed by atoms with Crippen molar-refractivity contribution in [2.24, 2.45) is 0 Å². The first-order valence-corrected chi connectivity index (χ1v) is 4.37. The number of aliphatic hydroxyl groups is 1. The van der Waals surface area contributed by atoms with Crippen LogP contribution in [-0.4, -0.2) is 23.9 Å². The van der Waals surface area contributed by atoms with Gasteiger partial charge in [-0.3, -0.25) is 0 Å². The van der Waals surface area contributed by atoms with E-state index in [1.165, 1.54) is 12.1 Å². The average Bonchev–Trinajstić information content (AvgIpc) is 2.15. The maximum Gasteiger partial charge on any atom is 0.124 e. The van der Waals surface area contributed by atoms with E-state index in [0.717, 1.165) is 0 Å². The lowest BCUT2D eigenvalue weighted by Gasteiger charge is -2.16. The van der Waals surface area contributed by atoms with E-state index >= 15 is 0 Å². The summed E-state index contributed by atoms with van der Waals surface area (Å²) < 4.78 is 13.0. The van der Waals surface area contributed by atoms with Gasteiger partial charge in [-0.25, -0.2) is 4.39 Å². The zero-order chi connectivity index (χ0) is 10.7. The maximum absolute atomic E-state index is 13.0. The molecular formula is C10H14FNO2. The Morgan fingerprint density at radius 1 is 1.50 bits per heavy atom. The van der Waals surface area contributed by atoms with Gasteiger partial charge in [-0.2, -0.15) is 0 Å². The molecule has 0 aliphatic carbocycles. The average molecular weight is 199 g/mol. The molecule has 1 aromatic rings. The van der Waals surface area contributed by atoms with Crippen LogP contribution in [-0.2, 0) is 0 Å². The number of hydrogen-bond acceptors (Lipinski definition) is 3. The first kappa shape index (κ1) is 10.9. The largest absolute Gasteiger partial charge is 0.507 e. The van der Waals surface area contributed by atoms with Crippen molar-refractivity contribution >= 4 is 0 Å². The Bertz CT molecular complexity index is 324. The van der Waals surface area contributed by atoms with Gasteiger partial charge in [0.05, 0.1) is 12.6 Å². The van der Waals surface area contributed by atoms with Gasteiger partial charge in [-0.15, -0.1) is 0 Å². The van der Waals surface area contributed by atoms with Crippen molar-refractivity contribution in [3.8, 4) is 5.75 Å². The summed E-state index contributed by atoms with van der Waals surface area (Å²) in [5.41, 5.74) is 0.848. The number of nitrogens with one attached hydrogen (secondary N) is 1. The van der Waals surface area contributed by atoms with E-state index in [9.17, 15) is 9.50 Å². The summed E-state index contributed by atoms with van der Waals surface area (Å²) in [5.74, 6) is -0.385. The normalized spacial score (nSPS) is 12.9. The first-order valence-electron chi connectivity index (χ1n) is 4.37. The highest BCUT2D eigenvalue weighted by Gasteiger charge is 2.15. The van der Waals surface area contributed by atoms with Gasteiger partial charge in [-0.05, 0) is 31.7 Å². The van der Waals surface area contributed by atoms with Crippen LogP contribution in [0.1, 0.15) is 17.2 Å². The molecule has 0 amide bonds. The fraction of sp³-hybridized carbons (Fsp3) is 0.400. The molecule has 4 heteroatoms. The van der Waals surface area contributed by atoms with Crippen molar-refractivity contribution in [1.82, 2.24) is 5.32 Å². The van der Waals surface area contributed by atoms with Crippen LogP contribution in [0.3, 0.4) is 0 Å². The summed E-state index contributed by atoms with van der Waals surface area (Å²) >= 11 is 0. The smallest absolute Gasteiger partial charge is 0.124 e. The highest BCUT2D eigenvalue weighted by molar-refractivity contribution is 5.42. The molecule has 3 nitrogen and oxygen atoms in total. The summed E-state index contributed by atoms with van der Waals surface area (Å²) in [6, 6.07) is 2.03. The van der Waals surface area contributed by atoms with Gasteiger partial charge in [0.25, 0.3) is 0 Å². The molecule has 0 saturated carbocycles. The molecule has 1 atom stereocenters. The molecule has 0 spiro atoms. The third-order valence-electron chi connectivity index (χ3n) is 2.20. The number of halogens is 1. The molecule has 0 bridgehead atoms. The summed E-state index contributed by atoms with van der Waals surface area (Å²) in [4.78, 5) is 0. The molecule has 0 aliphatic heterocycles. The summed E-state index contributed by atoms with van der Waals surface area (Å²) in [7, 11) is 1.64. The minimum absolute atomic E-state index is 0.0276. The monoisotopic (exact) mass is 199 g/mol. The Hall–Kier alpha value is -1.13. The molecule has 0 aromatic heterocycles. The third-order valence-corrected chi connectivity index (χ3v) is 2.20. The zero-order valence-electron chi connectivity index (χ0n) is 8.21. The molecule has 78 valence electrons. The van der Waals surface area contributed by atoms with Crippen molar-refractivity contribution in [3.63, 3.8) is 0 Å². The van der Waals surface area contributed by atoms with Crippen molar-refractivity contribution in [2.45, 2.75) is 13.0 Å². The second-order valence-electron chi connectivity index (χ2n) is 3.18. The molecule has 0 heterocycles. The van der Waals surface area contributed by atoms with E-state index in [4.69, 9.17) is 5.11 Å². The predicted octanol–water partition coefficient (Wildman–Crippen LogP) is 1.09. The second kappa shape index (κ2) is 4.39. The number of hydrogen-bond donors (Lipinski definition) is 3. The van der Waals surface area contributed by atoms with Crippen LogP contribution in [0, 0.1) is 12.7 Å². The van der Waals surface area contributed by atoms with E-state index in [0.29, 0.717) is 11.1 Å². The van der Waals surface area contributed by atoms with E-state index in [-0.39, 0.29) is 12.4 Å². The topological polar surface area (TPSA) is 52.5 Å². The van der Waals surface area contributed by atoms with Gasteiger partial charge in [0.1, 0.15) is 11.6 Å². The van der Waals surface area contributed by atoms with Crippen LogP contribution in [0.5, 0.6) is 5.75 Å². The number of aliphatic hydroxyl groups excluding tert-OH is 1. The maximum atomic E-state index is 13.0. The lowest BCUT2D eigenvalue weighted by Crippen LogP contribution is -2.20. The van der Waals surface area contributed by atoms with Crippen LogP contribution in [0.25, 0.3) is 0 Å². The number of likely N-dealkylation sites (N-methyl/N-ethyl adjacent to an activating group) is 1. The SMILES string of the molecule is CN[C@H](CO)c1cc(F)cc(C)c1O. The van der Waals surface area contributed by atoms with Gasteiger partial charge >= 0.3 is 0 Å². The molecule has 14 heavy (non-hydrogen) atoms. The van der Waals surface area contributed by atoms with E-state index in [2.05, 4.69) is 5.32 Å². The molecule has 0 saturated heterocycles. The van der Waals surface area contributed by atoms with Crippen molar-refractivity contribution in [2.75, 3.05) is 13.7 Å². The molecule has 3 N–H and O–H groups in total. The number of aryl methyl sites for hydroxylation is 1. The molecule has 1 rings (SSSR count). The number of phenols is 1. The molecular weight excluding hydrogens is 185 g/mol. The molecule has 0 fully saturated rings. The lowest BCUT2D eigenvalue weighted by molar-refractivity contribution is 0.247. The van der Waals surface area contributed by atoms with Crippen LogP contribution < -0.4 is 5.32 Å². The molecule has 0 aliphatic rings. The van der Waals surface area contributed by atoms with Crippen molar-refractivity contribution in [3.05, 3.63) is 29.1 Å². The van der Waals surface area contributed by atoms with E-state index < -0.39 is 11.9 Å². The molecule has 0 radical (unpaired) electrons. The molecule has 0 unspecified atom stereocenters. The Morgan fingerprint density at radius 3 is 2.64 bits per heavy atom. The van der Waals surface area contributed by atoms with Crippen LogP contribution in [0.4, 0.5) is 4.39 Å². The summed E-state index contributed by atoms with van der Waals surface area (Å²) in [6.07, 6.45) is 0. The minimum atomic E-state index is -0.440. The zero-order valence-corrected chi connectivity index (χ0v) is 8.21. The number of phenolic OH excluding ortho intramolecular Hbond substituents is 1. The first-order chi connectivity index (χ1) is 6.60. The Balaban J connectivity index is 3.18.